The molecule has 64 valence electrons. The number of fused-ring (bicyclic) bond motifs is 1. The molecule has 1 aliphatic heterocycles. The Morgan fingerprint density at radius 1 is 1.17 bits per heavy atom. The van der Waals surface area contributed by atoms with Crippen LogP contribution in [0, 0.1) is 0 Å². The zero-order chi connectivity index (χ0) is 8.55. The normalized spacial score (nSPS) is 14.4. The molecule has 4 heteroatoms. The molecule has 0 unspecified atom stereocenters. The second-order valence-electron chi connectivity index (χ2n) is 2.52. The fraction of sp³-hybridized carbons (Fsp3) is 0.250. The molecule has 0 bridgehead atoms. The molecule has 0 saturated carbocycles. The molecular formula is C8H8ClNO2. The van der Waals surface area contributed by atoms with Gasteiger partial charge in [0.2, 0.25) is 0 Å². The van der Waals surface area contributed by atoms with Gasteiger partial charge in [0.05, 0.1) is 10.7 Å². The van der Waals surface area contributed by atoms with Gasteiger partial charge in [0.25, 0.3) is 0 Å². The Morgan fingerprint density at radius 3 is 2.42 bits per heavy atom. The molecular weight excluding hydrogens is 178 g/mol. The van der Waals surface area contributed by atoms with Crippen molar-refractivity contribution in [2.75, 3.05) is 18.9 Å². The van der Waals surface area contributed by atoms with Crippen LogP contribution in [0.3, 0.4) is 0 Å². The van der Waals surface area contributed by atoms with Gasteiger partial charge in [0.15, 0.2) is 11.5 Å². The summed E-state index contributed by atoms with van der Waals surface area (Å²) in [6, 6.07) is 3.35. The first-order valence-electron chi connectivity index (χ1n) is 3.62. The Bertz CT molecular complexity index is 283. The van der Waals surface area contributed by atoms with Gasteiger partial charge in [-0.05, 0) is 0 Å². The minimum atomic E-state index is 0.499. The van der Waals surface area contributed by atoms with E-state index in [1.165, 1.54) is 0 Å². The average Bonchev–Trinajstić information content (AvgIpc) is 2.07. The Kier molecular flexibility index (Phi) is 1.73. The summed E-state index contributed by atoms with van der Waals surface area (Å²) in [7, 11) is 0. The highest BCUT2D eigenvalue weighted by Gasteiger charge is 2.13. The summed E-state index contributed by atoms with van der Waals surface area (Å²) >= 11 is 5.79. The molecule has 0 aliphatic carbocycles. The minimum absolute atomic E-state index is 0.499. The Morgan fingerprint density at radius 2 is 1.75 bits per heavy atom. The molecule has 0 spiro atoms. The monoisotopic (exact) mass is 185 g/mol. The van der Waals surface area contributed by atoms with Crippen molar-refractivity contribution in [2.45, 2.75) is 0 Å². The van der Waals surface area contributed by atoms with Crippen LogP contribution in [-0.2, 0) is 0 Å². The van der Waals surface area contributed by atoms with E-state index in [1.807, 2.05) is 0 Å². The molecule has 0 atom stereocenters. The molecule has 1 heterocycles. The zero-order valence-electron chi connectivity index (χ0n) is 6.34. The van der Waals surface area contributed by atoms with Crippen LogP contribution in [0.5, 0.6) is 11.5 Å². The Hall–Kier alpha value is -1.09. The number of ether oxygens (including phenoxy) is 2. The third kappa shape index (κ3) is 1.16. The number of anilines is 1. The highest BCUT2D eigenvalue weighted by molar-refractivity contribution is 6.33. The van der Waals surface area contributed by atoms with E-state index in [2.05, 4.69) is 0 Å². The van der Waals surface area contributed by atoms with E-state index < -0.39 is 0 Å². The van der Waals surface area contributed by atoms with Gasteiger partial charge < -0.3 is 15.2 Å². The number of hydrogen-bond acceptors (Lipinski definition) is 3. The predicted octanol–water partition coefficient (Wildman–Crippen LogP) is 1.69. The molecule has 0 fully saturated rings. The predicted molar refractivity (Wildman–Crippen MR) is 46.9 cm³/mol. The van der Waals surface area contributed by atoms with E-state index in [1.54, 1.807) is 12.1 Å². The second-order valence-corrected chi connectivity index (χ2v) is 2.92. The highest BCUT2D eigenvalue weighted by atomic mass is 35.5. The minimum Gasteiger partial charge on any atom is -0.486 e. The van der Waals surface area contributed by atoms with Crippen molar-refractivity contribution in [3.63, 3.8) is 0 Å². The summed E-state index contributed by atoms with van der Waals surface area (Å²) in [6.45, 7) is 1.13. The van der Waals surface area contributed by atoms with Gasteiger partial charge >= 0.3 is 0 Å². The topological polar surface area (TPSA) is 44.5 Å². The van der Waals surface area contributed by atoms with Crippen LogP contribution in [0.1, 0.15) is 0 Å². The number of benzene rings is 1. The maximum absolute atomic E-state index is 5.79. The lowest BCUT2D eigenvalue weighted by Gasteiger charge is -2.18. The molecule has 0 aromatic heterocycles. The lowest BCUT2D eigenvalue weighted by atomic mass is 10.2. The van der Waals surface area contributed by atoms with E-state index in [-0.39, 0.29) is 0 Å². The molecule has 2 rings (SSSR count). The Balaban J connectivity index is 2.49. The van der Waals surface area contributed by atoms with Crippen LogP contribution in [0.2, 0.25) is 5.02 Å². The third-order valence-electron chi connectivity index (χ3n) is 1.66. The van der Waals surface area contributed by atoms with Gasteiger partial charge in [-0.2, -0.15) is 0 Å². The van der Waals surface area contributed by atoms with E-state index in [4.69, 9.17) is 26.8 Å². The van der Waals surface area contributed by atoms with Gasteiger partial charge in [-0.25, -0.2) is 0 Å². The molecule has 1 aromatic rings. The molecule has 0 amide bonds. The molecule has 1 aliphatic rings. The van der Waals surface area contributed by atoms with Crippen LogP contribution in [0.4, 0.5) is 5.69 Å². The SMILES string of the molecule is Nc1cc2c(cc1Cl)OCCO2. The van der Waals surface area contributed by atoms with E-state index in [9.17, 15) is 0 Å². The van der Waals surface area contributed by atoms with Crippen LogP contribution in [-0.4, -0.2) is 13.2 Å². The lowest BCUT2D eigenvalue weighted by molar-refractivity contribution is 0.171. The van der Waals surface area contributed by atoms with Crippen LogP contribution < -0.4 is 15.2 Å². The zero-order valence-corrected chi connectivity index (χ0v) is 7.10. The van der Waals surface area contributed by atoms with Crippen molar-refractivity contribution in [2.24, 2.45) is 0 Å². The molecule has 1 aromatic carbocycles. The third-order valence-corrected chi connectivity index (χ3v) is 1.99. The number of nitrogen functional groups attached to an aromatic ring is 1. The average molecular weight is 186 g/mol. The van der Waals surface area contributed by atoms with Crippen molar-refractivity contribution in [1.29, 1.82) is 0 Å². The van der Waals surface area contributed by atoms with E-state index in [0.717, 1.165) is 0 Å². The maximum Gasteiger partial charge on any atom is 0.163 e. The smallest absolute Gasteiger partial charge is 0.163 e. The van der Waals surface area contributed by atoms with E-state index >= 15 is 0 Å². The molecule has 12 heavy (non-hydrogen) atoms. The van der Waals surface area contributed by atoms with Gasteiger partial charge in [-0.3, -0.25) is 0 Å². The lowest BCUT2D eigenvalue weighted by Crippen LogP contribution is -2.15. The first-order chi connectivity index (χ1) is 5.77. The summed E-state index contributed by atoms with van der Waals surface area (Å²) in [5, 5.41) is 0.499. The first-order valence-corrected chi connectivity index (χ1v) is 4.00. The molecule has 3 nitrogen and oxygen atoms in total. The number of halogens is 1. The van der Waals surface area contributed by atoms with Gasteiger partial charge in [0, 0.05) is 12.1 Å². The summed E-state index contributed by atoms with van der Waals surface area (Å²) in [5.41, 5.74) is 6.09. The highest BCUT2D eigenvalue weighted by Crippen LogP contribution is 2.36. The van der Waals surface area contributed by atoms with Crippen molar-refractivity contribution in [1.82, 2.24) is 0 Å². The van der Waals surface area contributed by atoms with Gasteiger partial charge in [0.1, 0.15) is 13.2 Å². The van der Waals surface area contributed by atoms with Crippen molar-refractivity contribution in [3.05, 3.63) is 17.2 Å². The van der Waals surface area contributed by atoms with Crippen molar-refractivity contribution >= 4 is 17.3 Å². The fourth-order valence-corrected chi connectivity index (χ4v) is 1.23. The first kappa shape index (κ1) is 7.55. The van der Waals surface area contributed by atoms with Crippen molar-refractivity contribution in [3.8, 4) is 11.5 Å². The standard InChI is InChI=1S/C8H8ClNO2/c9-5-3-7-8(4-6(5)10)12-2-1-11-7/h3-4H,1-2,10H2. The maximum atomic E-state index is 5.79. The van der Waals surface area contributed by atoms with Gasteiger partial charge in [-0.1, -0.05) is 11.6 Å². The quantitative estimate of drug-likeness (QED) is 0.626. The molecule has 0 radical (unpaired) electrons. The van der Waals surface area contributed by atoms with Gasteiger partial charge in [-0.15, -0.1) is 0 Å². The van der Waals surface area contributed by atoms with E-state index in [0.29, 0.717) is 35.4 Å². The summed E-state index contributed by atoms with van der Waals surface area (Å²) in [6.07, 6.45) is 0. The summed E-state index contributed by atoms with van der Waals surface area (Å²) in [4.78, 5) is 0. The second kappa shape index (κ2) is 2.75. The fourth-order valence-electron chi connectivity index (χ4n) is 1.08. The molecule has 2 N–H and O–H groups in total. The number of hydrogen-bond donors (Lipinski definition) is 1. The largest absolute Gasteiger partial charge is 0.486 e. The van der Waals surface area contributed by atoms with Crippen LogP contribution >= 0.6 is 11.6 Å². The molecule has 0 saturated heterocycles. The number of rotatable bonds is 0. The van der Waals surface area contributed by atoms with Crippen LogP contribution in [0.15, 0.2) is 12.1 Å². The summed E-state index contributed by atoms with van der Waals surface area (Å²) < 4.78 is 10.6. The van der Waals surface area contributed by atoms with Crippen LogP contribution in [0.25, 0.3) is 0 Å². The van der Waals surface area contributed by atoms with Crippen molar-refractivity contribution < 1.29 is 9.47 Å². The Labute approximate surface area is 75.0 Å². The summed E-state index contributed by atoms with van der Waals surface area (Å²) in [5.74, 6) is 1.34. The number of nitrogens with two attached hydrogens (primary N) is 1.